The smallest absolute Gasteiger partial charge is 0.164 e. The number of nitrogens with zero attached hydrogens (tertiary/aromatic N) is 3. The molecule has 13 aromatic rings. The zero-order valence-electron chi connectivity index (χ0n) is 39.2. The van der Waals surface area contributed by atoms with E-state index in [4.69, 9.17) is 25.2 Å². The van der Waals surface area contributed by atoms with E-state index >= 15 is 0 Å². The van der Waals surface area contributed by atoms with E-state index in [1.54, 1.807) is 11.3 Å². The molecule has 0 aliphatic carbocycles. The molecular formula is C57H33N3O2S. The molecule has 6 heteroatoms. The Morgan fingerprint density at radius 2 is 0.905 bits per heavy atom. The molecule has 63 heavy (non-hydrogen) atoms. The first-order valence-corrected chi connectivity index (χ1v) is 21.3. The fourth-order valence-electron chi connectivity index (χ4n) is 8.44. The Kier molecular flexibility index (Phi) is 6.75. The molecule has 0 amide bonds. The molecule has 0 aliphatic rings. The van der Waals surface area contributed by atoms with E-state index in [1.807, 2.05) is 140 Å². The second kappa shape index (κ2) is 14.2. The lowest BCUT2D eigenvalue weighted by atomic mass is 10.0. The zero-order valence-corrected chi connectivity index (χ0v) is 34.0. The number of furan rings is 2. The average molecular weight is 830 g/mol. The minimum Gasteiger partial charge on any atom is -0.456 e. The third-order valence-electron chi connectivity index (χ3n) is 11.6. The van der Waals surface area contributed by atoms with Crippen molar-refractivity contribution in [2.24, 2.45) is 0 Å². The highest BCUT2D eigenvalue weighted by atomic mass is 32.1. The molecule has 4 heterocycles. The van der Waals surface area contributed by atoms with Crippen LogP contribution in [0.15, 0.2) is 209 Å². The Labute approximate surface area is 373 Å². The molecule has 0 unspecified atom stereocenters. The summed E-state index contributed by atoms with van der Waals surface area (Å²) in [6, 6.07) is 52.1. The molecule has 0 N–H and O–H groups in total. The van der Waals surface area contributed by atoms with Gasteiger partial charge in [-0.15, -0.1) is 11.3 Å². The first-order valence-electron chi connectivity index (χ1n) is 23.5. The van der Waals surface area contributed by atoms with Gasteiger partial charge in [0, 0.05) is 58.4 Å². The summed E-state index contributed by atoms with van der Waals surface area (Å²) >= 11 is 1.66. The van der Waals surface area contributed by atoms with E-state index in [1.165, 1.54) is 0 Å². The van der Waals surface area contributed by atoms with Gasteiger partial charge in [-0.2, -0.15) is 0 Å². The van der Waals surface area contributed by atoms with Crippen LogP contribution in [0, 0.1) is 0 Å². The molecule has 0 aliphatic heterocycles. The highest BCUT2D eigenvalue weighted by Gasteiger charge is 2.18. The number of benzene rings is 9. The van der Waals surface area contributed by atoms with Crippen LogP contribution in [0.1, 0.15) is 8.22 Å². The summed E-state index contributed by atoms with van der Waals surface area (Å²) in [5.74, 6) is 0.540. The number of aromatic nitrogens is 3. The molecular weight excluding hydrogens is 791 g/mol. The summed E-state index contributed by atoms with van der Waals surface area (Å²) in [6.45, 7) is 0. The SMILES string of the molecule is [2H]c1c(-c2ccc3sc4ccccc4c3c2)c([2H])c2c(oc3c([2H])c(-c4nc(-c5ccc(-c6ccccc6)cc5)nc(-c5ccc6oc7cc(-c8ccccc8)ccc7c6c5)n4)c([2H])c([2H])c32)c1[2H]. The van der Waals surface area contributed by atoms with E-state index in [0.29, 0.717) is 22.3 Å². The highest BCUT2D eigenvalue weighted by molar-refractivity contribution is 7.25. The standard InChI is InChI=1S/C57H33N3O2S/c1-3-9-34(10-4-1)36-15-17-37(18-16-36)55-58-56(41-22-27-50-47(31-41)43-24-19-40(32-51(43)61-50)35-11-5-2-6-12-35)60-57(59-55)42-20-25-44-46-29-38(21-26-49(46)62-52(44)33-42)39-23-28-54-48(30-39)45-13-7-8-14-53(45)63-54/h1-33H/i20D,21D,25D,26D,29D,33D. The zero-order chi connectivity index (χ0) is 46.7. The Hall–Kier alpha value is -8.19. The normalized spacial score (nSPS) is 13.1. The molecule has 0 bridgehead atoms. The second-order valence-corrected chi connectivity index (χ2v) is 16.5. The van der Waals surface area contributed by atoms with Gasteiger partial charge in [-0.05, 0) is 106 Å². The first kappa shape index (κ1) is 29.9. The summed E-state index contributed by atoms with van der Waals surface area (Å²) in [6.07, 6.45) is 0. The Morgan fingerprint density at radius 1 is 0.317 bits per heavy atom. The molecule has 0 spiro atoms. The highest BCUT2D eigenvalue weighted by Crippen LogP contribution is 2.40. The Morgan fingerprint density at radius 3 is 1.73 bits per heavy atom. The second-order valence-electron chi connectivity index (χ2n) is 15.5. The van der Waals surface area contributed by atoms with Crippen molar-refractivity contribution in [2.45, 2.75) is 0 Å². The van der Waals surface area contributed by atoms with Crippen molar-refractivity contribution < 1.29 is 17.1 Å². The van der Waals surface area contributed by atoms with E-state index in [-0.39, 0.29) is 86.8 Å². The third-order valence-corrected chi connectivity index (χ3v) is 12.8. The van der Waals surface area contributed by atoms with Crippen molar-refractivity contribution in [1.82, 2.24) is 15.0 Å². The van der Waals surface area contributed by atoms with Crippen molar-refractivity contribution in [3.05, 3.63) is 200 Å². The first-order chi connectivity index (χ1) is 33.7. The minimum atomic E-state index is -0.350. The van der Waals surface area contributed by atoms with E-state index < -0.39 is 0 Å². The lowest BCUT2D eigenvalue weighted by molar-refractivity contribution is 0.668. The monoisotopic (exact) mass is 829 g/mol. The quantitative estimate of drug-likeness (QED) is 0.167. The van der Waals surface area contributed by atoms with Crippen LogP contribution in [0.4, 0.5) is 0 Å². The van der Waals surface area contributed by atoms with Crippen LogP contribution in [-0.2, 0) is 0 Å². The van der Waals surface area contributed by atoms with Gasteiger partial charge in [0.1, 0.15) is 22.3 Å². The van der Waals surface area contributed by atoms with Crippen molar-refractivity contribution in [3.8, 4) is 67.5 Å². The van der Waals surface area contributed by atoms with Gasteiger partial charge in [-0.1, -0.05) is 127 Å². The lowest BCUT2D eigenvalue weighted by Crippen LogP contribution is -2.00. The Bertz CT molecular complexity index is 4270. The summed E-state index contributed by atoms with van der Waals surface area (Å²) in [7, 11) is 0. The number of thiophene rings is 1. The molecule has 294 valence electrons. The molecule has 0 atom stereocenters. The van der Waals surface area contributed by atoms with Gasteiger partial charge in [0.05, 0.1) is 8.22 Å². The van der Waals surface area contributed by atoms with Crippen LogP contribution >= 0.6 is 11.3 Å². The predicted octanol–water partition coefficient (Wildman–Crippen LogP) is 16.0. The van der Waals surface area contributed by atoms with Gasteiger partial charge in [-0.25, -0.2) is 15.0 Å². The van der Waals surface area contributed by atoms with Crippen molar-refractivity contribution in [3.63, 3.8) is 0 Å². The van der Waals surface area contributed by atoms with Crippen molar-refractivity contribution in [1.29, 1.82) is 0 Å². The van der Waals surface area contributed by atoms with Crippen molar-refractivity contribution >= 4 is 75.4 Å². The number of rotatable bonds is 6. The molecule has 13 rings (SSSR count). The van der Waals surface area contributed by atoms with Crippen LogP contribution in [0.2, 0.25) is 0 Å². The molecule has 5 nitrogen and oxygen atoms in total. The summed E-state index contributed by atoms with van der Waals surface area (Å²) < 4.78 is 71.4. The lowest BCUT2D eigenvalue weighted by Gasteiger charge is -2.09. The third kappa shape index (κ3) is 6.11. The summed E-state index contributed by atoms with van der Waals surface area (Å²) in [5.41, 5.74) is 7.38. The predicted molar refractivity (Wildman–Crippen MR) is 260 cm³/mol. The van der Waals surface area contributed by atoms with Crippen LogP contribution < -0.4 is 0 Å². The minimum absolute atomic E-state index is 0.0204. The van der Waals surface area contributed by atoms with E-state index in [0.717, 1.165) is 58.8 Å². The fourth-order valence-corrected chi connectivity index (χ4v) is 9.53. The topological polar surface area (TPSA) is 65.0 Å². The van der Waals surface area contributed by atoms with Gasteiger partial charge in [0.25, 0.3) is 0 Å². The largest absolute Gasteiger partial charge is 0.456 e. The molecule has 9 aromatic carbocycles. The number of fused-ring (bicyclic) bond motifs is 9. The fraction of sp³-hybridized carbons (Fsp3) is 0. The summed E-state index contributed by atoms with van der Waals surface area (Å²) in [4.78, 5) is 14.8. The average Bonchev–Trinajstić information content (AvgIpc) is 4.10. The van der Waals surface area contributed by atoms with E-state index in [9.17, 15) is 6.85 Å². The van der Waals surface area contributed by atoms with Crippen molar-refractivity contribution in [2.75, 3.05) is 0 Å². The molecule has 0 fully saturated rings. The number of hydrogen-bond donors (Lipinski definition) is 0. The molecule has 0 saturated heterocycles. The summed E-state index contributed by atoms with van der Waals surface area (Å²) in [5, 5.41) is 3.94. The van der Waals surface area contributed by atoms with Crippen LogP contribution in [0.25, 0.3) is 132 Å². The maximum absolute atomic E-state index is 9.66. The van der Waals surface area contributed by atoms with Gasteiger partial charge >= 0.3 is 0 Å². The Balaban J connectivity index is 0.991. The van der Waals surface area contributed by atoms with Crippen LogP contribution in [0.3, 0.4) is 0 Å². The molecule has 4 aromatic heterocycles. The van der Waals surface area contributed by atoms with Gasteiger partial charge < -0.3 is 8.83 Å². The van der Waals surface area contributed by atoms with Gasteiger partial charge in [0.2, 0.25) is 0 Å². The van der Waals surface area contributed by atoms with Gasteiger partial charge in [-0.3, -0.25) is 0 Å². The molecule has 0 saturated carbocycles. The van der Waals surface area contributed by atoms with Gasteiger partial charge in [0.15, 0.2) is 17.5 Å². The number of hydrogen-bond acceptors (Lipinski definition) is 6. The van der Waals surface area contributed by atoms with Crippen LogP contribution in [0.5, 0.6) is 0 Å². The maximum Gasteiger partial charge on any atom is 0.164 e. The van der Waals surface area contributed by atoms with Crippen LogP contribution in [-0.4, -0.2) is 15.0 Å². The molecule has 0 radical (unpaired) electrons. The maximum atomic E-state index is 9.66. The van der Waals surface area contributed by atoms with E-state index in [2.05, 4.69) is 24.3 Å².